The molecule has 6 heteroatoms. The summed E-state index contributed by atoms with van der Waals surface area (Å²) in [7, 11) is 0. The predicted octanol–water partition coefficient (Wildman–Crippen LogP) is 0.451. The van der Waals surface area contributed by atoms with Crippen LogP contribution in [0.5, 0.6) is 0 Å². The Kier molecular flexibility index (Phi) is 21.9. The normalized spacial score (nSPS) is 8.94. The number of rotatable bonds is 5. The average Bonchev–Trinajstić information content (AvgIpc) is 2.19. The summed E-state index contributed by atoms with van der Waals surface area (Å²) in [5.41, 5.74) is 0. The summed E-state index contributed by atoms with van der Waals surface area (Å²) >= 11 is 0. The molecule has 0 aromatic heterocycles. The molecule has 0 fully saturated rings. The highest BCUT2D eigenvalue weighted by Crippen LogP contribution is 1.88. The summed E-state index contributed by atoms with van der Waals surface area (Å²) in [5.74, 6) is -0.981. The van der Waals surface area contributed by atoms with Gasteiger partial charge in [-0.05, 0) is 12.8 Å². The molecule has 0 radical (unpaired) electrons. The zero-order valence-electron chi connectivity index (χ0n) is 10.4. The van der Waals surface area contributed by atoms with Crippen LogP contribution in [-0.4, -0.2) is 44.1 Å². The highest BCUT2D eigenvalue weighted by atomic mass is 16.5. The quantitative estimate of drug-likeness (QED) is 0.358. The van der Waals surface area contributed by atoms with Gasteiger partial charge in [-0.1, -0.05) is 33.3 Å². The van der Waals surface area contributed by atoms with Crippen LogP contribution < -0.4 is 0 Å². The Labute approximate surface area is 102 Å². The molecule has 0 atom stereocenters. The molecule has 0 rings (SSSR count). The van der Waals surface area contributed by atoms with Crippen LogP contribution in [0.15, 0.2) is 12.7 Å². The zero-order chi connectivity index (χ0) is 14.3. The molecule has 6 nitrogen and oxygen atoms in total. The van der Waals surface area contributed by atoms with E-state index >= 15 is 0 Å². The molecule has 0 heterocycles. The summed E-state index contributed by atoms with van der Waals surface area (Å²) in [5, 5.41) is 40.0. The monoisotopic (exact) mass is 252 g/mol. The van der Waals surface area contributed by atoms with Gasteiger partial charge in [-0.3, -0.25) is 0 Å². The second-order valence-corrected chi connectivity index (χ2v) is 3.08. The van der Waals surface area contributed by atoms with Crippen LogP contribution in [0.4, 0.5) is 0 Å². The zero-order valence-corrected chi connectivity index (χ0v) is 10.4. The number of carboxylic acid groups (broad SMARTS) is 1. The van der Waals surface area contributed by atoms with E-state index in [9.17, 15) is 4.79 Å². The molecule has 0 unspecified atom stereocenters. The second-order valence-electron chi connectivity index (χ2n) is 3.08. The molecule has 0 aromatic carbocycles. The third-order valence-electron chi connectivity index (χ3n) is 1.27. The van der Waals surface area contributed by atoms with E-state index in [2.05, 4.69) is 6.58 Å². The maximum Gasteiger partial charge on any atom is 0.327 e. The number of aliphatic carboxylic acids is 1. The highest BCUT2D eigenvalue weighted by Gasteiger charge is 1.89. The van der Waals surface area contributed by atoms with E-state index in [-0.39, 0.29) is 0 Å². The number of aliphatic hydroxyl groups excluding tert-OH is 2. The van der Waals surface area contributed by atoms with Gasteiger partial charge in [-0.15, -0.1) is 0 Å². The number of carboxylic acids is 1. The fourth-order valence-electron chi connectivity index (χ4n) is 0.516. The topological polar surface area (TPSA) is 118 Å². The van der Waals surface area contributed by atoms with Crippen molar-refractivity contribution in [3.8, 4) is 0 Å². The van der Waals surface area contributed by atoms with Crippen LogP contribution >= 0.6 is 0 Å². The van der Waals surface area contributed by atoms with Gasteiger partial charge in [0.05, 0.1) is 0 Å². The van der Waals surface area contributed by atoms with E-state index in [1.165, 1.54) is 0 Å². The van der Waals surface area contributed by atoms with Crippen molar-refractivity contribution >= 4 is 5.97 Å². The van der Waals surface area contributed by atoms with Crippen molar-refractivity contribution in [2.75, 3.05) is 0 Å². The first-order valence-corrected chi connectivity index (χ1v) is 5.39. The SMILES string of the molecule is C=CC(=O)O.CCCC(O)O.CCCC(O)O. The van der Waals surface area contributed by atoms with E-state index in [1.54, 1.807) is 0 Å². The lowest BCUT2D eigenvalue weighted by Gasteiger charge is -1.94. The van der Waals surface area contributed by atoms with Crippen molar-refractivity contribution in [1.82, 2.24) is 0 Å². The molecule has 0 aliphatic heterocycles. The minimum atomic E-state index is -1.10. The molecule has 0 saturated heterocycles. The van der Waals surface area contributed by atoms with Crippen molar-refractivity contribution in [3.05, 3.63) is 12.7 Å². The van der Waals surface area contributed by atoms with E-state index in [0.717, 1.165) is 18.9 Å². The average molecular weight is 252 g/mol. The molecule has 0 aromatic rings. The number of carbonyl (C=O) groups is 1. The van der Waals surface area contributed by atoms with Gasteiger partial charge in [-0.2, -0.15) is 0 Å². The minimum absolute atomic E-state index is 0.486. The van der Waals surface area contributed by atoms with Gasteiger partial charge in [0, 0.05) is 6.08 Å². The maximum absolute atomic E-state index is 9.25. The van der Waals surface area contributed by atoms with Crippen molar-refractivity contribution in [3.63, 3.8) is 0 Å². The molecule has 5 N–H and O–H groups in total. The summed E-state index contributed by atoms with van der Waals surface area (Å²) in [4.78, 5) is 9.25. The molecule has 0 aliphatic rings. The Hall–Kier alpha value is -0.950. The molecule has 104 valence electrons. The lowest BCUT2D eigenvalue weighted by molar-refractivity contribution is -0.131. The molecule has 0 bridgehead atoms. The van der Waals surface area contributed by atoms with E-state index in [0.29, 0.717) is 12.8 Å². The number of hydrogen-bond acceptors (Lipinski definition) is 5. The van der Waals surface area contributed by atoms with Gasteiger partial charge in [-0.25, -0.2) is 4.79 Å². The lowest BCUT2D eigenvalue weighted by atomic mass is 10.3. The van der Waals surface area contributed by atoms with E-state index in [1.807, 2.05) is 13.8 Å². The molecule has 0 spiro atoms. The van der Waals surface area contributed by atoms with Gasteiger partial charge in [0.1, 0.15) is 0 Å². The van der Waals surface area contributed by atoms with Gasteiger partial charge in [0.15, 0.2) is 12.6 Å². The Morgan fingerprint density at radius 1 is 1.06 bits per heavy atom. The van der Waals surface area contributed by atoms with E-state index in [4.69, 9.17) is 25.5 Å². The maximum atomic E-state index is 9.25. The standard InChI is InChI=1S/2C4H10O2.C3H4O2/c2*1-2-3-4(5)6;1-2-3(4)5/h2*4-6H,2-3H2,1H3;2H,1H2,(H,4,5). The molecule has 17 heavy (non-hydrogen) atoms. The van der Waals surface area contributed by atoms with Crippen LogP contribution in [0, 0.1) is 0 Å². The van der Waals surface area contributed by atoms with Crippen LogP contribution in [-0.2, 0) is 4.79 Å². The molecular formula is C11H24O6. The molecule has 0 saturated carbocycles. The smallest absolute Gasteiger partial charge is 0.327 e. The van der Waals surface area contributed by atoms with Gasteiger partial charge in [0.25, 0.3) is 0 Å². The van der Waals surface area contributed by atoms with Crippen molar-refractivity contribution < 1.29 is 30.3 Å². The summed E-state index contributed by atoms with van der Waals surface area (Å²) in [6.07, 6.45) is 1.26. The lowest BCUT2D eigenvalue weighted by Crippen LogP contribution is -2.01. The van der Waals surface area contributed by atoms with E-state index < -0.39 is 18.5 Å². The minimum Gasteiger partial charge on any atom is -0.478 e. The molecular weight excluding hydrogens is 228 g/mol. The largest absolute Gasteiger partial charge is 0.478 e. The van der Waals surface area contributed by atoms with Crippen molar-refractivity contribution in [2.24, 2.45) is 0 Å². The van der Waals surface area contributed by atoms with Gasteiger partial charge >= 0.3 is 5.97 Å². The number of hydrogen-bond donors (Lipinski definition) is 5. The summed E-state index contributed by atoms with van der Waals surface area (Å²) < 4.78 is 0. The van der Waals surface area contributed by atoms with Crippen LogP contribution in [0.3, 0.4) is 0 Å². The van der Waals surface area contributed by atoms with Crippen LogP contribution in [0.1, 0.15) is 39.5 Å². The van der Waals surface area contributed by atoms with Crippen LogP contribution in [0.25, 0.3) is 0 Å². The molecule has 0 aliphatic carbocycles. The first-order chi connectivity index (χ1) is 7.81. The first kappa shape index (κ1) is 21.3. The Balaban J connectivity index is -0.000000174. The van der Waals surface area contributed by atoms with Crippen molar-refractivity contribution in [1.29, 1.82) is 0 Å². The fraction of sp³-hybridized carbons (Fsp3) is 0.727. The van der Waals surface area contributed by atoms with Crippen LogP contribution in [0.2, 0.25) is 0 Å². The third-order valence-corrected chi connectivity index (χ3v) is 1.27. The first-order valence-electron chi connectivity index (χ1n) is 5.39. The third kappa shape index (κ3) is 51.6. The Bertz CT molecular complexity index is 157. The summed E-state index contributed by atoms with van der Waals surface area (Å²) in [6, 6.07) is 0. The second kappa shape index (κ2) is 17.4. The van der Waals surface area contributed by atoms with Gasteiger partial charge < -0.3 is 25.5 Å². The highest BCUT2D eigenvalue weighted by molar-refractivity contribution is 5.78. The Morgan fingerprint density at radius 2 is 1.29 bits per heavy atom. The Morgan fingerprint density at radius 3 is 1.29 bits per heavy atom. The fourth-order valence-corrected chi connectivity index (χ4v) is 0.516. The van der Waals surface area contributed by atoms with Crippen molar-refractivity contribution in [2.45, 2.75) is 52.1 Å². The number of aliphatic hydroxyl groups is 4. The molecule has 0 amide bonds. The predicted molar refractivity (Wildman–Crippen MR) is 64.1 cm³/mol. The van der Waals surface area contributed by atoms with Gasteiger partial charge in [0.2, 0.25) is 0 Å². The summed E-state index contributed by atoms with van der Waals surface area (Å²) in [6.45, 7) is 6.77.